The lowest BCUT2D eigenvalue weighted by Gasteiger charge is -2.07. The first-order chi connectivity index (χ1) is 3.72. The number of rotatable bonds is 3. The summed E-state index contributed by atoms with van der Waals surface area (Å²) < 4.78 is 0. The van der Waals surface area contributed by atoms with Crippen molar-refractivity contribution in [1.29, 1.82) is 0 Å². The molecule has 0 rings (SSSR count). The van der Waals surface area contributed by atoms with Crippen molar-refractivity contribution in [3.05, 3.63) is 12.2 Å². The van der Waals surface area contributed by atoms with E-state index in [4.69, 9.17) is 5.73 Å². The highest BCUT2D eigenvalue weighted by atomic mass is 32.1. The Morgan fingerprint density at radius 1 is 1.88 bits per heavy atom. The molecule has 0 aliphatic heterocycles. The average Bonchev–Trinajstić information content (AvgIpc) is 1.84. The third-order valence-electron chi connectivity index (χ3n) is 1.18. The molecular formula is C6H13NS. The van der Waals surface area contributed by atoms with Crippen LogP contribution in [0.4, 0.5) is 0 Å². The normalized spacial score (nSPS) is 13.4. The highest BCUT2D eigenvalue weighted by Gasteiger charge is 1.99. The second-order valence-corrected chi connectivity index (χ2v) is 2.17. The van der Waals surface area contributed by atoms with E-state index >= 15 is 0 Å². The van der Waals surface area contributed by atoms with Crippen LogP contribution in [0, 0.1) is 0 Å². The lowest BCUT2D eigenvalue weighted by Crippen LogP contribution is -2.23. The molecular weight excluding hydrogens is 118 g/mol. The van der Waals surface area contributed by atoms with Gasteiger partial charge in [0.05, 0.1) is 0 Å². The van der Waals surface area contributed by atoms with Gasteiger partial charge in [0.25, 0.3) is 0 Å². The SMILES string of the molecule is C=C(CC)C(N)CS. The zero-order chi connectivity index (χ0) is 6.57. The van der Waals surface area contributed by atoms with E-state index in [1.54, 1.807) is 0 Å². The van der Waals surface area contributed by atoms with Crippen molar-refractivity contribution in [3.8, 4) is 0 Å². The summed E-state index contributed by atoms with van der Waals surface area (Å²) >= 11 is 4.02. The van der Waals surface area contributed by atoms with Crippen LogP contribution < -0.4 is 5.73 Å². The number of thiol groups is 1. The molecule has 0 radical (unpaired) electrons. The van der Waals surface area contributed by atoms with Gasteiger partial charge < -0.3 is 5.73 Å². The third kappa shape index (κ3) is 2.38. The minimum Gasteiger partial charge on any atom is -0.324 e. The molecule has 0 aliphatic rings. The van der Waals surface area contributed by atoms with E-state index in [9.17, 15) is 0 Å². The molecule has 0 amide bonds. The quantitative estimate of drug-likeness (QED) is 0.437. The average molecular weight is 131 g/mol. The fraction of sp³-hybridized carbons (Fsp3) is 0.667. The largest absolute Gasteiger partial charge is 0.324 e. The number of hydrogen-bond acceptors (Lipinski definition) is 2. The molecule has 0 aliphatic carbocycles. The molecule has 0 heterocycles. The Labute approximate surface area is 56.4 Å². The first-order valence-corrected chi connectivity index (χ1v) is 3.39. The lowest BCUT2D eigenvalue weighted by molar-refractivity contribution is 0.831. The minimum absolute atomic E-state index is 0.0864. The summed E-state index contributed by atoms with van der Waals surface area (Å²) in [4.78, 5) is 0. The molecule has 8 heavy (non-hydrogen) atoms. The molecule has 1 nitrogen and oxygen atoms in total. The maximum Gasteiger partial charge on any atom is 0.0340 e. The molecule has 48 valence electrons. The lowest BCUT2D eigenvalue weighted by atomic mass is 10.1. The van der Waals surface area contributed by atoms with Crippen molar-refractivity contribution in [3.63, 3.8) is 0 Å². The Hall–Kier alpha value is 0.0500. The Morgan fingerprint density at radius 3 is 2.50 bits per heavy atom. The van der Waals surface area contributed by atoms with Crippen molar-refractivity contribution in [2.24, 2.45) is 5.73 Å². The third-order valence-corrected chi connectivity index (χ3v) is 1.57. The maximum atomic E-state index is 5.55. The summed E-state index contributed by atoms with van der Waals surface area (Å²) in [6.45, 7) is 5.82. The molecule has 0 aromatic heterocycles. The van der Waals surface area contributed by atoms with Crippen molar-refractivity contribution in [1.82, 2.24) is 0 Å². The van der Waals surface area contributed by atoms with Crippen molar-refractivity contribution >= 4 is 12.6 Å². The Kier molecular flexibility index (Phi) is 4.01. The van der Waals surface area contributed by atoms with Crippen LogP contribution in [0.2, 0.25) is 0 Å². The van der Waals surface area contributed by atoms with Crippen LogP contribution in [0.1, 0.15) is 13.3 Å². The summed E-state index contributed by atoms with van der Waals surface area (Å²) in [6, 6.07) is 0.0864. The van der Waals surface area contributed by atoms with E-state index in [1.807, 2.05) is 6.92 Å². The van der Waals surface area contributed by atoms with Crippen LogP contribution in [0.5, 0.6) is 0 Å². The van der Waals surface area contributed by atoms with Gasteiger partial charge in [-0.3, -0.25) is 0 Å². The van der Waals surface area contributed by atoms with E-state index in [0.717, 1.165) is 12.0 Å². The van der Waals surface area contributed by atoms with E-state index in [1.165, 1.54) is 0 Å². The van der Waals surface area contributed by atoms with Gasteiger partial charge in [-0.1, -0.05) is 19.1 Å². The van der Waals surface area contributed by atoms with Gasteiger partial charge in [-0.15, -0.1) is 0 Å². The predicted molar refractivity (Wildman–Crippen MR) is 41.3 cm³/mol. The summed E-state index contributed by atoms with van der Waals surface area (Å²) in [7, 11) is 0. The molecule has 0 fully saturated rings. The van der Waals surface area contributed by atoms with E-state index in [2.05, 4.69) is 19.2 Å². The van der Waals surface area contributed by atoms with Crippen LogP contribution in [0.25, 0.3) is 0 Å². The monoisotopic (exact) mass is 131 g/mol. The highest BCUT2D eigenvalue weighted by Crippen LogP contribution is 2.01. The molecule has 0 saturated carbocycles. The van der Waals surface area contributed by atoms with E-state index in [0.29, 0.717) is 5.75 Å². The zero-order valence-corrected chi connectivity index (χ0v) is 6.12. The molecule has 2 N–H and O–H groups in total. The van der Waals surface area contributed by atoms with Crippen molar-refractivity contribution in [2.45, 2.75) is 19.4 Å². The Bertz CT molecular complexity index is 80.6. The fourth-order valence-corrected chi connectivity index (χ4v) is 0.649. The van der Waals surface area contributed by atoms with Gasteiger partial charge >= 0.3 is 0 Å². The van der Waals surface area contributed by atoms with Crippen molar-refractivity contribution in [2.75, 3.05) is 5.75 Å². The first kappa shape index (κ1) is 8.05. The van der Waals surface area contributed by atoms with E-state index < -0.39 is 0 Å². The summed E-state index contributed by atoms with van der Waals surface area (Å²) in [5.74, 6) is 0.701. The second-order valence-electron chi connectivity index (χ2n) is 1.80. The zero-order valence-electron chi connectivity index (χ0n) is 5.22. The van der Waals surface area contributed by atoms with Crippen LogP contribution in [-0.4, -0.2) is 11.8 Å². The first-order valence-electron chi connectivity index (χ1n) is 2.76. The van der Waals surface area contributed by atoms with Gasteiger partial charge in [0, 0.05) is 11.8 Å². The molecule has 0 spiro atoms. The van der Waals surface area contributed by atoms with E-state index in [-0.39, 0.29) is 6.04 Å². The van der Waals surface area contributed by atoms with Crippen LogP contribution in [0.3, 0.4) is 0 Å². The molecule has 1 unspecified atom stereocenters. The molecule has 0 aromatic carbocycles. The van der Waals surface area contributed by atoms with Gasteiger partial charge in [-0.05, 0) is 6.42 Å². The molecule has 0 saturated heterocycles. The molecule has 0 aromatic rings. The van der Waals surface area contributed by atoms with Crippen molar-refractivity contribution < 1.29 is 0 Å². The van der Waals surface area contributed by atoms with Gasteiger partial charge in [0.1, 0.15) is 0 Å². The minimum atomic E-state index is 0.0864. The molecule has 0 bridgehead atoms. The maximum absolute atomic E-state index is 5.55. The van der Waals surface area contributed by atoms with Crippen LogP contribution >= 0.6 is 12.6 Å². The van der Waals surface area contributed by atoms with Crippen LogP contribution in [-0.2, 0) is 0 Å². The fourth-order valence-electron chi connectivity index (χ4n) is 0.391. The molecule has 2 heteroatoms. The second kappa shape index (κ2) is 3.98. The summed E-state index contributed by atoms with van der Waals surface area (Å²) in [5.41, 5.74) is 6.63. The summed E-state index contributed by atoms with van der Waals surface area (Å²) in [6.07, 6.45) is 0.960. The highest BCUT2D eigenvalue weighted by molar-refractivity contribution is 7.80. The Morgan fingerprint density at radius 2 is 2.38 bits per heavy atom. The van der Waals surface area contributed by atoms with Gasteiger partial charge in [-0.2, -0.15) is 12.6 Å². The van der Waals surface area contributed by atoms with Gasteiger partial charge in [-0.25, -0.2) is 0 Å². The van der Waals surface area contributed by atoms with Crippen LogP contribution in [0.15, 0.2) is 12.2 Å². The summed E-state index contributed by atoms with van der Waals surface area (Å²) in [5, 5.41) is 0. The molecule has 1 atom stereocenters. The van der Waals surface area contributed by atoms with Gasteiger partial charge in [0.15, 0.2) is 0 Å². The number of nitrogens with two attached hydrogens (primary N) is 1. The topological polar surface area (TPSA) is 26.0 Å². The standard InChI is InChI=1S/C6H13NS/c1-3-5(2)6(7)4-8/h6,8H,2-4,7H2,1H3. The smallest absolute Gasteiger partial charge is 0.0340 e. The Balaban J connectivity index is 3.46. The predicted octanol–water partition coefficient (Wildman–Crippen LogP) is 1.21. The number of hydrogen-bond donors (Lipinski definition) is 2. The van der Waals surface area contributed by atoms with Gasteiger partial charge in [0.2, 0.25) is 0 Å².